The zero-order chi connectivity index (χ0) is 22.2. The molecule has 0 N–H and O–H groups in total. The van der Waals surface area contributed by atoms with Gasteiger partial charge in [0, 0.05) is 23.6 Å². The summed E-state index contributed by atoms with van der Waals surface area (Å²) in [5.41, 5.74) is 0.870. The minimum absolute atomic E-state index is 0.0532. The molecule has 1 heterocycles. The molecule has 1 amide bonds. The van der Waals surface area contributed by atoms with Crippen LogP contribution in [0.15, 0.2) is 47.4 Å². The molecule has 0 saturated heterocycles. The summed E-state index contributed by atoms with van der Waals surface area (Å²) in [4.78, 5) is 22.7. The van der Waals surface area contributed by atoms with E-state index in [4.69, 9.17) is 9.72 Å². The van der Waals surface area contributed by atoms with E-state index >= 15 is 0 Å². The van der Waals surface area contributed by atoms with E-state index in [0.29, 0.717) is 25.3 Å². The monoisotopic (exact) mass is 461 g/mol. The topological polar surface area (TPSA) is 45.7 Å². The van der Waals surface area contributed by atoms with E-state index in [-0.39, 0.29) is 11.7 Å². The lowest BCUT2D eigenvalue weighted by Crippen LogP contribution is -2.33. The highest BCUT2D eigenvalue weighted by molar-refractivity contribution is 7.99. The second-order valence-corrected chi connectivity index (χ2v) is 9.49. The van der Waals surface area contributed by atoms with Crippen LogP contribution in [0.1, 0.15) is 19.8 Å². The van der Waals surface area contributed by atoms with Crippen LogP contribution in [0.25, 0.3) is 10.2 Å². The van der Waals surface area contributed by atoms with Gasteiger partial charge in [0.25, 0.3) is 0 Å². The highest BCUT2D eigenvalue weighted by Crippen LogP contribution is 2.32. The Morgan fingerprint density at radius 1 is 1.16 bits per heavy atom. The Hall–Kier alpha value is -2.16. The van der Waals surface area contributed by atoms with E-state index < -0.39 is 0 Å². The SMILES string of the molecule is CCOc1ccc2nc(N(CCCN(C)C)C(=O)CCSc3ccc(F)cc3)sc2c1. The summed E-state index contributed by atoms with van der Waals surface area (Å²) in [6, 6.07) is 12.2. The van der Waals surface area contributed by atoms with Gasteiger partial charge in [-0.25, -0.2) is 9.37 Å². The van der Waals surface area contributed by atoms with E-state index in [9.17, 15) is 9.18 Å². The molecular formula is C23H28FN3O2S2. The van der Waals surface area contributed by atoms with Crippen molar-refractivity contribution in [3.63, 3.8) is 0 Å². The Morgan fingerprint density at radius 3 is 2.65 bits per heavy atom. The molecule has 0 spiro atoms. The first-order chi connectivity index (χ1) is 15.0. The Balaban J connectivity index is 1.71. The largest absolute Gasteiger partial charge is 0.494 e. The summed E-state index contributed by atoms with van der Waals surface area (Å²) < 4.78 is 19.7. The highest BCUT2D eigenvalue weighted by atomic mass is 32.2. The van der Waals surface area contributed by atoms with Crippen molar-refractivity contribution in [3.8, 4) is 5.75 Å². The molecule has 0 aliphatic carbocycles. The van der Waals surface area contributed by atoms with Gasteiger partial charge in [0.1, 0.15) is 11.6 Å². The maximum atomic E-state index is 13.1. The summed E-state index contributed by atoms with van der Waals surface area (Å²) in [6.45, 7) is 4.08. The molecule has 0 saturated carbocycles. The summed E-state index contributed by atoms with van der Waals surface area (Å²) in [5, 5.41) is 0.721. The Labute approximate surface area is 191 Å². The number of halogens is 1. The van der Waals surface area contributed by atoms with Gasteiger partial charge in [0.05, 0.1) is 16.8 Å². The van der Waals surface area contributed by atoms with Crippen molar-refractivity contribution in [3.05, 3.63) is 48.3 Å². The van der Waals surface area contributed by atoms with Gasteiger partial charge in [-0.15, -0.1) is 11.8 Å². The van der Waals surface area contributed by atoms with Crippen molar-refractivity contribution in [1.29, 1.82) is 0 Å². The minimum atomic E-state index is -0.254. The fourth-order valence-corrected chi connectivity index (χ4v) is 4.94. The van der Waals surface area contributed by atoms with Crippen molar-refractivity contribution >= 4 is 44.4 Å². The predicted molar refractivity (Wildman–Crippen MR) is 128 cm³/mol. The van der Waals surface area contributed by atoms with Gasteiger partial charge in [-0.3, -0.25) is 9.69 Å². The first-order valence-corrected chi connectivity index (χ1v) is 12.1. The number of rotatable bonds is 11. The molecule has 2 aromatic carbocycles. The molecule has 166 valence electrons. The van der Waals surface area contributed by atoms with Crippen LogP contribution in [-0.4, -0.2) is 55.3 Å². The molecule has 3 rings (SSSR count). The molecule has 0 atom stereocenters. The quantitative estimate of drug-likeness (QED) is 0.363. The van der Waals surface area contributed by atoms with Crippen LogP contribution in [-0.2, 0) is 4.79 Å². The smallest absolute Gasteiger partial charge is 0.229 e. The lowest BCUT2D eigenvalue weighted by Gasteiger charge is -2.21. The number of benzene rings is 2. The van der Waals surface area contributed by atoms with Crippen LogP contribution in [0.5, 0.6) is 5.75 Å². The number of carbonyl (C=O) groups excluding carboxylic acids is 1. The number of nitrogens with zero attached hydrogens (tertiary/aromatic N) is 3. The maximum absolute atomic E-state index is 13.1. The van der Waals surface area contributed by atoms with Gasteiger partial charge >= 0.3 is 0 Å². The van der Waals surface area contributed by atoms with E-state index in [1.807, 2.05) is 39.2 Å². The lowest BCUT2D eigenvalue weighted by atomic mass is 10.3. The van der Waals surface area contributed by atoms with Gasteiger partial charge in [0.2, 0.25) is 5.91 Å². The number of ether oxygens (including phenoxy) is 1. The van der Waals surface area contributed by atoms with Crippen molar-refractivity contribution in [1.82, 2.24) is 9.88 Å². The summed E-state index contributed by atoms with van der Waals surface area (Å²) in [6.07, 6.45) is 1.26. The van der Waals surface area contributed by atoms with E-state index in [2.05, 4.69) is 4.90 Å². The second-order valence-electron chi connectivity index (χ2n) is 7.31. The standard InChI is InChI=1S/C23H28FN3O2S2/c1-4-29-18-8-11-20-21(16-18)31-23(25-20)27(14-5-13-26(2)3)22(28)12-15-30-19-9-6-17(24)7-10-19/h6-11,16H,4-5,12-15H2,1-3H3. The summed E-state index contributed by atoms with van der Waals surface area (Å²) in [5.74, 6) is 1.24. The number of amides is 1. The lowest BCUT2D eigenvalue weighted by molar-refractivity contribution is -0.118. The molecule has 0 radical (unpaired) electrons. The van der Waals surface area contributed by atoms with Crippen LogP contribution >= 0.6 is 23.1 Å². The average molecular weight is 462 g/mol. The molecular weight excluding hydrogens is 433 g/mol. The predicted octanol–water partition coefficient (Wildman–Crippen LogP) is 5.30. The number of hydrogen-bond acceptors (Lipinski definition) is 6. The number of aromatic nitrogens is 1. The summed E-state index contributed by atoms with van der Waals surface area (Å²) in [7, 11) is 4.05. The third kappa shape index (κ3) is 6.92. The number of hydrogen-bond donors (Lipinski definition) is 0. The van der Waals surface area contributed by atoms with Gasteiger partial charge < -0.3 is 9.64 Å². The first-order valence-electron chi connectivity index (χ1n) is 10.3. The van der Waals surface area contributed by atoms with Gasteiger partial charge in [-0.2, -0.15) is 0 Å². The third-order valence-electron chi connectivity index (χ3n) is 4.58. The Kier molecular flexibility index (Phi) is 8.69. The highest BCUT2D eigenvalue weighted by Gasteiger charge is 2.20. The van der Waals surface area contributed by atoms with Crippen molar-refractivity contribution in [2.24, 2.45) is 0 Å². The molecule has 31 heavy (non-hydrogen) atoms. The zero-order valence-corrected chi connectivity index (χ0v) is 19.8. The average Bonchev–Trinajstić information content (AvgIpc) is 3.15. The fraction of sp³-hybridized carbons (Fsp3) is 0.391. The Bertz CT molecular complexity index is 992. The number of thiazole rings is 1. The third-order valence-corrected chi connectivity index (χ3v) is 6.63. The van der Waals surface area contributed by atoms with Crippen LogP contribution in [0.3, 0.4) is 0 Å². The molecule has 8 heteroatoms. The molecule has 5 nitrogen and oxygen atoms in total. The van der Waals surface area contributed by atoms with Crippen LogP contribution < -0.4 is 9.64 Å². The van der Waals surface area contributed by atoms with Crippen molar-refractivity contribution < 1.29 is 13.9 Å². The number of fused-ring (bicyclic) bond motifs is 1. The Morgan fingerprint density at radius 2 is 1.94 bits per heavy atom. The number of carbonyl (C=O) groups is 1. The fourth-order valence-electron chi connectivity index (χ4n) is 3.06. The van der Waals surface area contributed by atoms with E-state index in [1.54, 1.807) is 28.8 Å². The van der Waals surface area contributed by atoms with Crippen LogP contribution in [0, 0.1) is 5.82 Å². The zero-order valence-electron chi connectivity index (χ0n) is 18.1. The number of anilines is 1. The molecule has 0 aliphatic heterocycles. The van der Waals surface area contributed by atoms with Crippen molar-refractivity contribution in [2.75, 3.05) is 44.4 Å². The normalized spacial score (nSPS) is 11.3. The molecule has 0 unspecified atom stereocenters. The van der Waals surface area contributed by atoms with Gasteiger partial charge in [-0.05, 0) is 76.4 Å². The maximum Gasteiger partial charge on any atom is 0.229 e. The molecule has 0 fully saturated rings. The molecule has 0 aliphatic rings. The van der Waals surface area contributed by atoms with E-state index in [1.165, 1.54) is 23.5 Å². The molecule has 0 bridgehead atoms. The number of thioether (sulfide) groups is 1. The van der Waals surface area contributed by atoms with Gasteiger partial charge in [0.15, 0.2) is 5.13 Å². The minimum Gasteiger partial charge on any atom is -0.494 e. The summed E-state index contributed by atoms with van der Waals surface area (Å²) >= 11 is 3.07. The molecule has 1 aromatic heterocycles. The van der Waals surface area contributed by atoms with Crippen LogP contribution in [0.2, 0.25) is 0 Å². The van der Waals surface area contributed by atoms with Gasteiger partial charge in [-0.1, -0.05) is 11.3 Å². The molecule has 3 aromatic rings. The first kappa shape index (κ1) is 23.5. The van der Waals surface area contributed by atoms with E-state index in [0.717, 1.165) is 39.0 Å². The van der Waals surface area contributed by atoms with Crippen molar-refractivity contribution in [2.45, 2.75) is 24.7 Å². The van der Waals surface area contributed by atoms with Crippen LogP contribution in [0.4, 0.5) is 9.52 Å². The second kappa shape index (κ2) is 11.5.